The van der Waals surface area contributed by atoms with Gasteiger partial charge in [-0.25, -0.2) is 0 Å². The zero-order chi connectivity index (χ0) is 9.80. The first kappa shape index (κ1) is 10.4. The van der Waals surface area contributed by atoms with Crippen LogP contribution in [0.3, 0.4) is 0 Å². The van der Waals surface area contributed by atoms with Gasteiger partial charge in [0.05, 0.1) is 6.61 Å². The molecule has 0 aromatic heterocycles. The Balaban J connectivity index is 1.75. The highest BCUT2D eigenvalue weighted by Crippen LogP contribution is 2.33. The van der Waals surface area contributed by atoms with Gasteiger partial charge in [0.25, 0.3) is 0 Å². The summed E-state index contributed by atoms with van der Waals surface area (Å²) in [5.74, 6) is 0.781. The van der Waals surface area contributed by atoms with E-state index in [1.807, 2.05) is 0 Å². The second-order valence-electron chi connectivity index (χ2n) is 4.98. The average Bonchev–Trinajstić information content (AvgIpc) is 3.01. The summed E-state index contributed by atoms with van der Waals surface area (Å²) in [4.78, 5) is 0. The van der Waals surface area contributed by atoms with Crippen LogP contribution in [0.5, 0.6) is 0 Å². The van der Waals surface area contributed by atoms with Crippen LogP contribution >= 0.6 is 0 Å². The van der Waals surface area contributed by atoms with E-state index in [0.717, 1.165) is 5.92 Å². The van der Waals surface area contributed by atoms with Gasteiger partial charge >= 0.3 is 0 Å². The summed E-state index contributed by atoms with van der Waals surface area (Å²) in [6.45, 7) is 0.334. The third kappa shape index (κ3) is 2.96. The zero-order valence-corrected chi connectivity index (χ0v) is 9.04. The van der Waals surface area contributed by atoms with Crippen molar-refractivity contribution >= 4 is 0 Å². The fourth-order valence-electron chi connectivity index (χ4n) is 2.59. The molecule has 0 aromatic carbocycles. The lowest BCUT2D eigenvalue weighted by molar-refractivity contribution is 0.212. The average molecular weight is 197 g/mol. The molecule has 2 fully saturated rings. The van der Waals surface area contributed by atoms with E-state index in [9.17, 15) is 5.11 Å². The fraction of sp³-hybridized carbons (Fsp3) is 1.00. The van der Waals surface area contributed by atoms with E-state index in [4.69, 9.17) is 0 Å². The maximum atomic E-state index is 9.27. The number of nitrogens with one attached hydrogen (secondary N) is 1. The third-order valence-corrected chi connectivity index (χ3v) is 3.69. The lowest BCUT2D eigenvalue weighted by atomic mass is 10.1. The van der Waals surface area contributed by atoms with Crippen molar-refractivity contribution in [1.29, 1.82) is 0 Å². The molecule has 0 saturated heterocycles. The lowest BCUT2D eigenvalue weighted by Crippen LogP contribution is -2.41. The Hall–Kier alpha value is -0.0800. The summed E-state index contributed by atoms with van der Waals surface area (Å²) in [6, 6.07) is 1.09. The van der Waals surface area contributed by atoms with Crippen molar-refractivity contribution in [3.05, 3.63) is 0 Å². The van der Waals surface area contributed by atoms with Gasteiger partial charge in [0.1, 0.15) is 0 Å². The molecule has 1 unspecified atom stereocenters. The molecule has 0 heterocycles. The molecular formula is C12H23NO. The van der Waals surface area contributed by atoms with Gasteiger partial charge in [-0.3, -0.25) is 0 Å². The van der Waals surface area contributed by atoms with Crippen molar-refractivity contribution in [1.82, 2.24) is 5.32 Å². The maximum absolute atomic E-state index is 9.27. The van der Waals surface area contributed by atoms with Gasteiger partial charge in [0.15, 0.2) is 0 Å². The van der Waals surface area contributed by atoms with Crippen molar-refractivity contribution in [2.75, 3.05) is 6.61 Å². The van der Waals surface area contributed by atoms with Crippen molar-refractivity contribution in [2.24, 2.45) is 5.92 Å². The van der Waals surface area contributed by atoms with Gasteiger partial charge in [-0.15, -0.1) is 0 Å². The predicted octanol–water partition coefficient (Wildman–Crippen LogP) is 2.07. The molecule has 0 aromatic rings. The topological polar surface area (TPSA) is 32.3 Å². The number of aliphatic hydroxyl groups excluding tert-OH is 1. The minimum atomic E-state index is 0.334. The van der Waals surface area contributed by atoms with Crippen LogP contribution in [0.25, 0.3) is 0 Å². The second kappa shape index (κ2) is 5.13. The normalized spacial score (nSPS) is 27.2. The van der Waals surface area contributed by atoms with Crippen LogP contribution in [0, 0.1) is 5.92 Å². The molecule has 2 rings (SSSR count). The minimum absolute atomic E-state index is 0.334. The molecule has 1 atom stereocenters. The monoisotopic (exact) mass is 197 g/mol. The summed E-state index contributed by atoms with van der Waals surface area (Å²) < 4.78 is 0. The van der Waals surface area contributed by atoms with Gasteiger partial charge < -0.3 is 10.4 Å². The van der Waals surface area contributed by atoms with Crippen molar-refractivity contribution in [2.45, 2.75) is 63.5 Å². The largest absolute Gasteiger partial charge is 0.395 e. The van der Waals surface area contributed by atoms with Crippen LogP contribution in [0.15, 0.2) is 0 Å². The van der Waals surface area contributed by atoms with Crippen LogP contribution in [0.2, 0.25) is 0 Å². The SMILES string of the molecule is OCC(NC1CCCCCC1)C1CC1. The molecule has 2 heteroatoms. The molecule has 0 bridgehead atoms. The highest BCUT2D eigenvalue weighted by Gasteiger charge is 2.31. The first-order chi connectivity index (χ1) is 6.90. The van der Waals surface area contributed by atoms with Crippen LogP contribution in [0.4, 0.5) is 0 Å². The van der Waals surface area contributed by atoms with Gasteiger partial charge in [-0.05, 0) is 31.6 Å². The van der Waals surface area contributed by atoms with Crippen LogP contribution in [0.1, 0.15) is 51.4 Å². The molecule has 0 aliphatic heterocycles. The van der Waals surface area contributed by atoms with E-state index in [1.54, 1.807) is 0 Å². The Morgan fingerprint density at radius 2 is 1.64 bits per heavy atom. The van der Waals surface area contributed by atoms with E-state index in [0.29, 0.717) is 18.7 Å². The first-order valence-electron chi connectivity index (χ1n) is 6.27. The molecule has 82 valence electrons. The van der Waals surface area contributed by atoms with Gasteiger partial charge in [0, 0.05) is 12.1 Å². The van der Waals surface area contributed by atoms with Gasteiger partial charge in [0.2, 0.25) is 0 Å². The Morgan fingerprint density at radius 1 is 1.00 bits per heavy atom. The Labute approximate surface area is 87.1 Å². The molecule has 2 aliphatic carbocycles. The van der Waals surface area contributed by atoms with E-state index in [1.165, 1.54) is 51.4 Å². The molecule has 2 N–H and O–H groups in total. The Morgan fingerprint density at radius 3 is 2.14 bits per heavy atom. The molecule has 0 amide bonds. The summed E-state index contributed by atoms with van der Waals surface area (Å²) >= 11 is 0. The van der Waals surface area contributed by atoms with E-state index in [2.05, 4.69) is 5.32 Å². The Kier molecular flexibility index (Phi) is 3.82. The highest BCUT2D eigenvalue weighted by molar-refractivity contribution is 4.88. The number of rotatable bonds is 4. The predicted molar refractivity (Wildman–Crippen MR) is 58.2 cm³/mol. The van der Waals surface area contributed by atoms with Crippen molar-refractivity contribution in [3.8, 4) is 0 Å². The number of hydrogen-bond acceptors (Lipinski definition) is 2. The maximum Gasteiger partial charge on any atom is 0.0587 e. The zero-order valence-electron chi connectivity index (χ0n) is 9.04. The summed E-state index contributed by atoms with van der Waals surface area (Å²) in [5, 5.41) is 12.9. The fourth-order valence-corrected chi connectivity index (χ4v) is 2.59. The van der Waals surface area contributed by atoms with Crippen molar-refractivity contribution < 1.29 is 5.11 Å². The van der Waals surface area contributed by atoms with Crippen LogP contribution in [-0.4, -0.2) is 23.8 Å². The molecule has 0 radical (unpaired) electrons. The second-order valence-corrected chi connectivity index (χ2v) is 4.98. The molecule has 2 aliphatic rings. The van der Waals surface area contributed by atoms with Crippen LogP contribution < -0.4 is 5.32 Å². The summed E-state index contributed by atoms with van der Waals surface area (Å²) in [6.07, 6.45) is 10.9. The quantitative estimate of drug-likeness (QED) is 0.676. The molecular weight excluding hydrogens is 174 g/mol. The third-order valence-electron chi connectivity index (χ3n) is 3.69. The summed E-state index contributed by atoms with van der Waals surface area (Å²) in [5.41, 5.74) is 0. The number of aliphatic hydroxyl groups is 1. The first-order valence-corrected chi connectivity index (χ1v) is 6.27. The van der Waals surface area contributed by atoms with Crippen LogP contribution in [-0.2, 0) is 0 Å². The van der Waals surface area contributed by atoms with E-state index < -0.39 is 0 Å². The standard InChI is InChI=1S/C12H23NO/c14-9-12(10-7-8-10)13-11-5-3-1-2-4-6-11/h10-14H,1-9H2. The number of hydrogen-bond donors (Lipinski definition) is 2. The summed E-state index contributed by atoms with van der Waals surface area (Å²) in [7, 11) is 0. The Bertz CT molecular complexity index is 160. The molecule has 14 heavy (non-hydrogen) atoms. The smallest absolute Gasteiger partial charge is 0.0587 e. The van der Waals surface area contributed by atoms with Gasteiger partial charge in [-0.1, -0.05) is 25.7 Å². The van der Waals surface area contributed by atoms with E-state index in [-0.39, 0.29) is 0 Å². The van der Waals surface area contributed by atoms with E-state index >= 15 is 0 Å². The lowest BCUT2D eigenvalue weighted by Gasteiger charge is -2.23. The van der Waals surface area contributed by atoms with Crippen molar-refractivity contribution in [3.63, 3.8) is 0 Å². The van der Waals surface area contributed by atoms with Gasteiger partial charge in [-0.2, -0.15) is 0 Å². The molecule has 2 saturated carbocycles. The molecule has 2 nitrogen and oxygen atoms in total. The minimum Gasteiger partial charge on any atom is -0.395 e. The molecule has 0 spiro atoms. The highest BCUT2D eigenvalue weighted by atomic mass is 16.3.